The second-order valence-corrected chi connectivity index (χ2v) is 7.05. The minimum Gasteiger partial charge on any atom is -0.381 e. The summed E-state index contributed by atoms with van der Waals surface area (Å²) in [6, 6.07) is 0. The molecule has 0 aromatic rings. The topological polar surface area (TPSA) is 38.5 Å². The van der Waals surface area contributed by atoms with Gasteiger partial charge in [-0.15, -0.1) is 0 Å². The molecule has 0 aromatic carbocycles. The first-order chi connectivity index (χ1) is 9.08. The van der Waals surface area contributed by atoms with Gasteiger partial charge in [0.1, 0.15) is 0 Å². The average molecular weight is 268 g/mol. The van der Waals surface area contributed by atoms with Crippen LogP contribution in [0.1, 0.15) is 46.0 Å². The normalized spacial score (nSPS) is 40.6. The van der Waals surface area contributed by atoms with E-state index in [0.29, 0.717) is 11.8 Å². The summed E-state index contributed by atoms with van der Waals surface area (Å²) in [5.74, 6) is 2.27. The van der Waals surface area contributed by atoms with Crippen molar-refractivity contribution in [3.63, 3.8) is 0 Å². The van der Waals surface area contributed by atoms with Crippen LogP contribution in [0.3, 0.4) is 0 Å². The summed E-state index contributed by atoms with van der Waals surface area (Å²) in [5, 5.41) is 0. The standard InChI is InChI=1S/C16H32N2O/c1-13-6-7-16(12-17,14(2)9-13)18(3)10-15-5-4-8-19-11-15/h13-15H,4-12,17H2,1-3H3. The third kappa shape index (κ3) is 3.32. The number of nitrogens with two attached hydrogens (primary N) is 1. The zero-order valence-electron chi connectivity index (χ0n) is 13.0. The highest BCUT2D eigenvalue weighted by Crippen LogP contribution is 2.40. The quantitative estimate of drug-likeness (QED) is 0.851. The van der Waals surface area contributed by atoms with Crippen LogP contribution < -0.4 is 5.73 Å². The SMILES string of the molecule is CC1CCC(CN)(N(C)CC2CCCOC2)C(C)C1. The second-order valence-electron chi connectivity index (χ2n) is 7.05. The van der Waals surface area contributed by atoms with Gasteiger partial charge in [-0.1, -0.05) is 13.8 Å². The molecule has 1 aliphatic carbocycles. The Hall–Kier alpha value is -0.120. The summed E-state index contributed by atoms with van der Waals surface area (Å²) < 4.78 is 5.62. The van der Waals surface area contributed by atoms with Gasteiger partial charge in [-0.2, -0.15) is 0 Å². The first kappa shape index (κ1) is 15.3. The van der Waals surface area contributed by atoms with Gasteiger partial charge in [-0.25, -0.2) is 0 Å². The molecule has 112 valence electrons. The number of likely N-dealkylation sites (N-methyl/N-ethyl adjacent to an activating group) is 1. The molecule has 2 N–H and O–H groups in total. The Morgan fingerprint density at radius 1 is 1.32 bits per heavy atom. The van der Waals surface area contributed by atoms with Crippen LogP contribution in [0.15, 0.2) is 0 Å². The molecular weight excluding hydrogens is 236 g/mol. The van der Waals surface area contributed by atoms with Gasteiger partial charge in [0, 0.05) is 25.2 Å². The fourth-order valence-electron chi connectivity index (χ4n) is 4.23. The van der Waals surface area contributed by atoms with Crippen molar-refractivity contribution < 1.29 is 4.74 Å². The van der Waals surface area contributed by atoms with Crippen molar-refractivity contribution in [3.8, 4) is 0 Å². The minimum absolute atomic E-state index is 0.226. The maximum atomic E-state index is 6.21. The molecular formula is C16H32N2O. The molecule has 1 heterocycles. The zero-order chi connectivity index (χ0) is 13.9. The first-order valence-electron chi connectivity index (χ1n) is 8.07. The molecule has 0 spiro atoms. The van der Waals surface area contributed by atoms with E-state index in [1.807, 2.05) is 0 Å². The van der Waals surface area contributed by atoms with Crippen LogP contribution in [0.4, 0.5) is 0 Å². The highest BCUT2D eigenvalue weighted by molar-refractivity contribution is 4.99. The monoisotopic (exact) mass is 268 g/mol. The Morgan fingerprint density at radius 2 is 2.11 bits per heavy atom. The van der Waals surface area contributed by atoms with Crippen LogP contribution in [0, 0.1) is 17.8 Å². The number of nitrogens with zero attached hydrogens (tertiary/aromatic N) is 1. The third-order valence-electron chi connectivity index (χ3n) is 5.64. The largest absolute Gasteiger partial charge is 0.381 e. The molecule has 19 heavy (non-hydrogen) atoms. The lowest BCUT2D eigenvalue weighted by Gasteiger charge is -2.51. The van der Waals surface area contributed by atoms with E-state index < -0.39 is 0 Å². The molecule has 4 unspecified atom stereocenters. The highest BCUT2D eigenvalue weighted by Gasteiger charge is 2.42. The summed E-state index contributed by atoms with van der Waals surface area (Å²) in [4.78, 5) is 2.57. The Bertz CT molecular complexity index is 278. The van der Waals surface area contributed by atoms with E-state index in [0.717, 1.165) is 32.2 Å². The van der Waals surface area contributed by atoms with Gasteiger partial charge in [-0.3, -0.25) is 4.90 Å². The van der Waals surface area contributed by atoms with Crippen molar-refractivity contribution in [2.75, 3.05) is 33.4 Å². The van der Waals surface area contributed by atoms with Gasteiger partial charge < -0.3 is 10.5 Å². The minimum atomic E-state index is 0.226. The molecule has 1 saturated carbocycles. The summed E-state index contributed by atoms with van der Waals surface area (Å²) in [6.07, 6.45) is 6.45. The predicted molar refractivity (Wildman–Crippen MR) is 80.1 cm³/mol. The van der Waals surface area contributed by atoms with Gasteiger partial charge in [-0.05, 0) is 56.9 Å². The fourth-order valence-corrected chi connectivity index (χ4v) is 4.23. The number of hydrogen-bond donors (Lipinski definition) is 1. The van der Waals surface area contributed by atoms with Crippen LogP contribution >= 0.6 is 0 Å². The molecule has 3 nitrogen and oxygen atoms in total. The Morgan fingerprint density at radius 3 is 2.68 bits per heavy atom. The van der Waals surface area contributed by atoms with Gasteiger partial charge in [0.05, 0.1) is 6.61 Å². The van der Waals surface area contributed by atoms with Crippen molar-refractivity contribution in [2.45, 2.75) is 51.5 Å². The van der Waals surface area contributed by atoms with E-state index in [1.54, 1.807) is 0 Å². The number of ether oxygens (including phenoxy) is 1. The molecule has 0 aromatic heterocycles. The molecule has 0 radical (unpaired) electrons. The van der Waals surface area contributed by atoms with Gasteiger partial charge in [0.2, 0.25) is 0 Å². The fraction of sp³-hybridized carbons (Fsp3) is 1.00. The molecule has 2 rings (SSSR count). The van der Waals surface area contributed by atoms with Crippen molar-refractivity contribution in [2.24, 2.45) is 23.5 Å². The van der Waals surface area contributed by atoms with Crippen molar-refractivity contribution in [3.05, 3.63) is 0 Å². The molecule has 4 atom stereocenters. The van der Waals surface area contributed by atoms with Crippen LogP contribution in [0.5, 0.6) is 0 Å². The van der Waals surface area contributed by atoms with E-state index in [4.69, 9.17) is 10.5 Å². The third-order valence-corrected chi connectivity index (χ3v) is 5.64. The maximum absolute atomic E-state index is 6.21. The van der Waals surface area contributed by atoms with Crippen LogP contribution in [-0.2, 0) is 4.74 Å². The first-order valence-corrected chi connectivity index (χ1v) is 8.07. The lowest BCUT2D eigenvalue weighted by Crippen LogP contribution is -2.59. The number of rotatable bonds is 4. The van der Waals surface area contributed by atoms with Gasteiger partial charge >= 0.3 is 0 Å². The van der Waals surface area contributed by atoms with Crippen LogP contribution in [-0.4, -0.2) is 43.8 Å². The average Bonchev–Trinajstić information content (AvgIpc) is 2.40. The molecule has 0 bridgehead atoms. The maximum Gasteiger partial charge on any atom is 0.0506 e. The van der Waals surface area contributed by atoms with E-state index in [1.165, 1.54) is 32.1 Å². The van der Waals surface area contributed by atoms with Crippen LogP contribution in [0.25, 0.3) is 0 Å². The van der Waals surface area contributed by atoms with Gasteiger partial charge in [0.25, 0.3) is 0 Å². The van der Waals surface area contributed by atoms with Crippen molar-refractivity contribution in [1.82, 2.24) is 4.90 Å². The molecule has 1 aliphatic heterocycles. The Kier molecular flexibility index (Phi) is 5.27. The van der Waals surface area contributed by atoms with Gasteiger partial charge in [0.15, 0.2) is 0 Å². The second kappa shape index (κ2) is 6.55. The highest BCUT2D eigenvalue weighted by atomic mass is 16.5. The summed E-state index contributed by atoms with van der Waals surface area (Å²) in [6.45, 7) is 8.62. The molecule has 0 amide bonds. The Balaban J connectivity index is 1.98. The lowest BCUT2D eigenvalue weighted by molar-refractivity contribution is -0.0176. The van der Waals surface area contributed by atoms with E-state index in [2.05, 4.69) is 25.8 Å². The van der Waals surface area contributed by atoms with E-state index in [9.17, 15) is 0 Å². The predicted octanol–water partition coefficient (Wildman–Crippen LogP) is 2.50. The Labute approximate surface area is 118 Å². The molecule has 3 heteroatoms. The molecule has 2 fully saturated rings. The van der Waals surface area contributed by atoms with Crippen molar-refractivity contribution >= 4 is 0 Å². The molecule has 2 aliphatic rings. The van der Waals surface area contributed by atoms with Crippen molar-refractivity contribution in [1.29, 1.82) is 0 Å². The zero-order valence-corrected chi connectivity index (χ0v) is 13.0. The summed E-state index contributed by atoms with van der Waals surface area (Å²) >= 11 is 0. The summed E-state index contributed by atoms with van der Waals surface area (Å²) in [5.41, 5.74) is 6.43. The summed E-state index contributed by atoms with van der Waals surface area (Å²) in [7, 11) is 2.29. The number of hydrogen-bond acceptors (Lipinski definition) is 3. The smallest absolute Gasteiger partial charge is 0.0506 e. The van der Waals surface area contributed by atoms with E-state index >= 15 is 0 Å². The van der Waals surface area contributed by atoms with Crippen LogP contribution in [0.2, 0.25) is 0 Å². The lowest BCUT2D eigenvalue weighted by atomic mass is 9.69. The van der Waals surface area contributed by atoms with E-state index in [-0.39, 0.29) is 5.54 Å². The molecule has 1 saturated heterocycles.